The Bertz CT molecular complexity index is 1240. The number of hydrogen-bond acceptors (Lipinski definition) is 7. The monoisotopic (exact) mass is 444 g/mol. The van der Waals surface area contributed by atoms with Gasteiger partial charge in [0, 0.05) is 12.4 Å². The fourth-order valence-electron chi connectivity index (χ4n) is 2.94. The summed E-state index contributed by atoms with van der Waals surface area (Å²) < 4.78 is 26.7. The van der Waals surface area contributed by atoms with E-state index in [1.54, 1.807) is 24.3 Å². The average molecular weight is 445 g/mol. The Hall–Kier alpha value is -2.49. The van der Waals surface area contributed by atoms with Gasteiger partial charge in [-0.3, -0.25) is 4.99 Å². The number of halogens is 1. The van der Waals surface area contributed by atoms with Gasteiger partial charge < -0.3 is 5.32 Å². The Morgan fingerprint density at radius 3 is 2.76 bits per heavy atom. The fourth-order valence-corrected chi connectivity index (χ4v) is 5.62. The van der Waals surface area contributed by atoms with E-state index in [1.807, 2.05) is 12.6 Å². The predicted molar refractivity (Wildman–Crippen MR) is 114 cm³/mol. The van der Waals surface area contributed by atoms with Crippen LogP contribution in [-0.2, 0) is 10.0 Å². The molecular formula is C19H15ClN5O2S2. The topological polar surface area (TPSA) is 89.2 Å². The number of anilines is 1. The van der Waals surface area contributed by atoms with Gasteiger partial charge >= 0.3 is 0 Å². The lowest BCUT2D eigenvalue weighted by molar-refractivity contribution is 0.589. The molecule has 0 atom stereocenters. The molecule has 1 aliphatic heterocycles. The molecule has 29 heavy (non-hydrogen) atoms. The molecule has 0 unspecified atom stereocenters. The van der Waals surface area contributed by atoms with Gasteiger partial charge in [0.1, 0.15) is 21.6 Å². The van der Waals surface area contributed by atoms with Crippen molar-refractivity contribution in [2.24, 2.45) is 10.9 Å². The lowest BCUT2D eigenvalue weighted by atomic mass is 10.2. The third kappa shape index (κ3) is 3.61. The molecule has 2 aliphatic rings. The quantitative estimate of drug-likeness (QED) is 0.636. The highest BCUT2D eigenvalue weighted by Crippen LogP contribution is 2.39. The van der Waals surface area contributed by atoms with E-state index in [-0.39, 0.29) is 4.21 Å². The molecule has 4 heterocycles. The summed E-state index contributed by atoms with van der Waals surface area (Å²) >= 11 is 7.36. The molecule has 1 N–H and O–H groups in total. The van der Waals surface area contributed by atoms with Gasteiger partial charge in [-0.25, -0.2) is 13.9 Å². The summed E-state index contributed by atoms with van der Waals surface area (Å²) in [5.41, 5.74) is 1.22. The molecule has 1 radical (unpaired) electrons. The van der Waals surface area contributed by atoms with Crippen molar-refractivity contribution in [2.45, 2.75) is 17.1 Å². The largest absolute Gasteiger partial charge is 0.324 e. The van der Waals surface area contributed by atoms with E-state index in [4.69, 9.17) is 11.6 Å². The second kappa shape index (κ2) is 7.08. The molecule has 5 rings (SSSR count). The Morgan fingerprint density at radius 1 is 1.21 bits per heavy atom. The first kappa shape index (κ1) is 18.5. The summed E-state index contributed by atoms with van der Waals surface area (Å²) in [6.45, 7) is 1.87. The molecule has 0 saturated heterocycles. The third-order valence-corrected chi connectivity index (χ3v) is 8.08. The molecule has 1 saturated carbocycles. The first-order valence-electron chi connectivity index (χ1n) is 8.92. The Balaban J connectivity index is 1.41. The first-order chi connectivity index (χ1) is 14.0. The van der Waals surface area contributed by atoms with Gasteiger partial charge in [-0.15, -0.1) is 11.3 Å². The van der Waals surface area contributed by atoms with Crippen LogP contribution in [0.3, 0.4) is 0 Å². The summed E-state index contributed by atoms with van der Waals surface area (Å²) in [5, 5.41) is 3.50. The van der Waals surface area contributed by atoms with Crippen molar-refractivity contribution in [1.82, 2.24) is 13.9 Å². The summed E-state index contributed by atoms with van der Waals surface area (Å²) in [5.74, 6) is 2.12. The van der Waals surface area contributed by atoms with Crippen LogP contribution in [0, 0.1) is 12.5 Å². The molecule has 10 heteroatoms. The van der Waals surface area contributed by atoms with Crippen LogP contribution < -0.4 is 5.32 Å². The van der Waals surface area contributed by atoms with Gasteiger partial charge in [0.05, 0.1) is 11.1 Å². The molecule has 0 amide bonds. The van der Waals surface area contributed by atoms with Gasteiger partial charge in [0.15, 0.2) is 11.6 Å². The average Bonchev–Trinajstić information content (AvgIpc) is 3.14. The van der Waals surface area contributed by atoms with E-state index >= 15 is 0 Å². The molecule has 0 bridgehead atoms. The van der Waals surface area contributed by atoms with Crippen molar-refractivity contribution >= 4 is 44.6 Å². The summed E-state index contributed by atoms with van der Waals surface area (Å²) in [6.07, 6.45) is 8.91. The van der Waals surface area contributed by atoms with Crippen molar-refractivity contribution in [3.05, 3.63) is 66.1 Å². The molecule has 3 aromatic rings. The van der Waals surface area contributed by atoms with Crippen molar-refractivity contribution in [3.8, 4) is 10.7 Å². The third-order valence-electron chi connectivity index (χ3n) is 4.61. The van der Waals surface area contributed by atoms with Crippen LogP contribution in [0.4, 0.5) is 5.82 Å². The molecule has 0 aromatic carbocycles. The van der Waals surface area contributed by atoms with E-state index in [0.717, 1.165) is 11.3 Å². The molecule has 147 valence electrons. The maximum absolute atomic E-state index is 12.7. The Morgan fingerprint density at radius 2 is 2.00 bits per heavy atom. The summed E-state index contributed by atoms with van der Waals surface area (Å²) in [6, 6.07) is 6.58. The van der Waals surface area contributed by atoms with Crippen molar-refractivity contribution < 1.29 is 8.42 Å². The second-order valence-electron chi connectivity index (χ2n) is 6.71. The smallest absolute Gasteiger partial charge is 0.277 e. The van der Waals surface area contributed by atoms with Gasteiger partial charge in [0.25, 0.3) is 10.0 Å². The highest BCUT2D eigenvalue weighted by Gasteiger charge is 2.28. The van der Waals surface area contributed by atoms with E-state index in [1.165, 1.54) is 41.0 Å². The Labute approximate surface area is 176 Å². The zero-order valence-corrected chi connectivity index (χ0v) is 17.4. The lowest BCUT2D eigenvalue weighted by Crippen LogP contribution is -2.10. The first-order valence-corrected chi connectivity index (χ1v) is 11.5. The molecule has 1 fully saturated rings. The number of rotatable bonds is 5. The second-order valence-corrected chi connectivity index (χ2v) is 10.3. The van der Waals surface area contributed by atoms with Gasteiger partial charge in [-0.2, -0.15) is 8.42 Å². The van der Waals surface area contributed by atoms with Crippen molar-refractivity contribution in [2.75, 3.05) is 5.32 Å². The highest BCUT2D eigenvalue weighted by atomic mass is 35.5. The Kier molecular flexibility index (Phi) is 4.53. The van der Waals surface area contributed by atoms with Gasteiger partial charge in [0.2, 0.25) is 0 Å². The number of nitrogens with one attached hydrogen (secondary N) is 1. The minimum atomic E-state index is -3.62. The number of nitrogens with zero attached hydrogens (tertiary/aromatic N) is 4. The van der Waals surface area contributed by atoms with Crippen LogP contribution in [0.15, 0.2) is 63.7 Å². The van der Waals surface area contributed by atoms with E-state index in [0.29, 0.717) is 33.3 Å². The van der Waals surface area contributed by atoms with Crippen molar-refractivity contribution in [3.63, 3.8) is 0 Å². The highest BCUT2D eigenvalue weighted by molar-refractivity contribution is 7.92. The maximum atomic E-state index is 12.7. The number of thiophene rings is 1. The number of aliphatic imine (C=N–C) groups is 1. The van der Waals surface area contributed by atoms with Crippen LogP contribution in [0.1, 0.15) is 12.8 Å². The molecule has 1 aliphatic carbocycles. The number of aromatic nitrogens is 3. The normalized spacial score (nSPS) is 16.6. The zero-order chi connectivity index (χ0) is 20.0. The zero-order valence-electron chi connectivity index (χ0n) is 15.0. The van der Waals surface area contributed by atoms with Gasteiger partial charge in [-0.1, -0.05) is 11.6 Å². The number of amidine groups is 1. The van der Waals surface area contributed by atoms with E-state index in [2.05, 4.69) is 20.3 Å². The van der Waals surface area contributed by atoms with Crippen LogP contribution in [0.2, 0.25) is 5.02 Å². The minimum absolute atomic E-state index is 0.212. The molecule has 0 spiro atoms. The maximum Gasteiger partial charge on any atom is 0.277 e. The van der Waals surface area contributed by atoms with Crippen LogP contribution >= 0.6 is 22.9 Å². The van der Waals surface area contributed by atoms with Crippen LogP contribution in [0.25, 0.3) is 10.7 Å². The standard InChI is InChI=1S/C19H15ClN5O2S2/c20-14-11-22-19(24-18(14)23-16-9-13(10-21-16)12-3-4-12)15-5-6-17(28-15)29(26,27)25-7-1-2-8-25/h1-2,5-12H,3-4H2,(H,21,22,23,24). The van der Waals surface area contributed by atoms with Crippen molar-refractivity contribution in [1.29, 1.82) is 0 Å². The predicted octanol–water partition coefficient (Wildman–Crippen LogP) is 4.22. The van der Waals surface area contributed by atoms with E-state index < -0.39 is 10.0 Å². The number of hydrogen-bond donors (Lipinski definition) is 1. The molecule has 7 nitrogen and oxygen atoms in total. The molecular weight excluding hydrogens is 430 g/mol. The van der Waals surface area contributed by atoms with Crippen LogP contribution in [-0.4, -0.2) is 28.2 Å². The summed E-state index contributed by atoms with van der Waals surface area (Å²) in [4.78, 5) is 13.7. The van der Waals surface area contributed by atoms with Crippen LogP contribution in [0.5, 0.6) is 0 Å². The van der Waals surface area contributed by atoms with Gasteiger partial charge in [-0.05, 0) is 54.7 Å². The lowest BCUT2D eigenvalue weighted by Gasteiger charge is -2.07. The SMILES string of the molecule is O=S(=O)(c1ccc(-c2ncc(Cl)c(NC3=N[CH]C(C4CC4)=C3)n2)s1)n1cccc1. The van der Waals surface area contributed by atoms with E-state index in [9.17, 15) is 8.42 Å². The minimum Gasteiger partial charge on any atom is -0.324 e. The molecule has 3 aromatic heterocycles. The fraction of sp³-hybridized carbons (Fsp3) is 0.158. The summed E-state index contributed by atoms with van der Waals surface area (Å²) in [7, 11) is -3.62.